The lowest BCUT2D eigenvalue weighted by molar-refractivity contribution is -0.170. The van der Waals surface area contributed by atoms with Crippen molar-refractivity contribution in [2.45, 2.75) is 73.0 Å². The highest BCUT2D eigenvalue weighted by atomic mass is 32.1. The van der Waals surface area contributed by atoms with Gasteiger partial charge in [0.05, 0.1) is 29.5 Å². The van der Waals surface area contributed by atoms with Gasteiger partial charge in [0, 0.05) is 4.75 Å². The van der Waals surface area contributed by atoms with Gasteiger partial charge in [-0.1, -0.05) is 27.7 Å². The monoisotopic (exact) mass is 466 g/mol. The summed E-state index contributed by atoms with van der Waals surface area (Å²) in [4.78, 5) is 25.2. The van der Waals surface area contributed by atoms with Crippen LogP contribution in [0.5, 0.6) is 0 Å². The van der Waals surface area contributed by atoms with E-state index in [-0.39, 0.29) is 23.4 Å². The third-order valence-electron chi connectivity index (χ3n) is 5.02. The van der Waals surface area contributed by atoms with Crippen LogP contribution in [-0.2, 0) is 19.1 Å². The molecule has 0 rings (SSSR count). The summed E-state index contributed by atoms with van der Waals surface area (Å²) in [5, 5.41) is 19.7. The van der Waals surface area contributed by atoms with Gasteiger partial charge in [-0.05, 0) is 51.7 Å². The molecule has 0 spiro atoms. The summed E-state index contributed by atoms with van der Waals surface area (Å²) in [6, 6.07) is 0. The summed E-state index contributed by atoms with van der Waals surface area (Å²) >= 11 is 8.81. The molecule has 6 nitrogen and oxygen atoms in total. The molecule has 0 aliphatic carbocycles. The van der Waals surface area contributed by atoms with E-state index >= 15 is 0 Å². The van der Waals surface area contributed by atoms with Crippen LogP contribution in [0.3, 0.4) is 0 Å². The van der Waals surface area contributed by atoms with Crippen LogP contribution in [0.1, 0.15) is 68.2 Å². The number of aliphatic hydroxyl groups excluding tert-OH is 2. The molecule has 0 unspecified atom stereocenters. The first-order valence-corrected chi connectivity index (χ1v) is 11.3. The minimum atomic E-state index is -1.27. The summed E-state index contributed by atoms with van der Waals surface area (Å²) in [7, 11) is 0. The molecule has 0 aromatic heterocycles. The van der Waals surface area contributed by atoms with Gasteiger partial charge in [-0.3, -0.25) is 9.59 Å². The van der Waals surface area contributed by atoms with Gasteiger partial charge in [-0.25, -0.2) is 0 Å². The molecule has 0 fully saturated rings. The molecule has 178 valence electrons. The highest BCUT2D eigenvalue weighted by Gasteiger charge is 2.40. The van der Waals surface area contributed by atoms with Crippen LogP contribution in [0.4, 0.5) is 0 Å². The number of hydrogen-bond donors (Lipinski definition) is 4. The molecule has 0 aliphatic heterocycles. The summed E-state index contributed by atoms with van der Waals surface area (Å²) in [5.41, 5.74) is -2.98. The van der Waals surface area contributed by atoms with E-state index in [4.69, 9.17) is 9.47 Å². The van der Waals surface area contributed by atoms with Crippen molar-refractivity contribution in [3.63, 3.8) is 0 Å². The average molecular weight is 467 g/mol. The number of esters is 2. The van der Waals surface area contributed by atoms with Crippen LogP contribution in [0, 0.1) is 21.7 Å². The summed E-state index contributed by atoms with van der Waals surface area (Å²) < 4.78 is 10.5. The van der Waals surface area contributed by atoms with E-state index < -0.39 is 41.4 Å². The van der Waals surface area contributed by atoms with Crippen LogP contribution < -0.4 is 0 Å². The first-order valence-electron chi connectivity index (χ1n) is 10.2. The lowest BCUT2D eigenvalue weighted by atomic mass is 9.76. The van der Waals surface area contributed by atoms with Crippen molar-refractivity contribution in [1.29, 1.82) is 0 Å². The van der Waals surface area contributed by atoms with Gasteiger partial charge in [0.15, 0.2) is 0 Å². The Morgan fingerprint density at radius 1 is 0.767 bits per heavy atom. The fourth-order valence-electron chi connectivity index (χ4n) is 3.58. The summed E-state index contributed by atoms with van der Waals surface area (Å²) in [6.07, 6.45) is 1.05. The van der Waals surface area contributed by atoms with Gasteiger partial charge < -0.3 is 19.7 Å². The number of carbonyl (C=O) groups excluding carboxylic acids is 2. The van der Waals surface area contributed by atoms with Crippen molar-refractivity contribution in [3.8, 4) is 0 Å². The van der Waals surface area contributed by atoms with E-state index in [2.05, 4.69) is 25.3 Å². The fraction of sp³-hybridized carbons (Fsp3) is 0.909. The Balaban J connectivity index is 5.11. The minimum Gasteiger partial charge on any atom is -0.464 e. The van der Waals surface area contributed by atoms with Gasteiger partial charge in [0.2, 0.25) is 0 Å². The second-order valence-electron chi connectivity index (χ2n) is 11.2. The third-order valence-corrected chi connectivity index (χ3v) is 6.03. The molecule has 0 radical (unpaired) electrons. The number of thiol groups is 2. The topological polar surface area (TPSA) is 93.1 Å². The molecule has 0 amide bonds. The van der Waals surface area contributed by atoms with E-state index in [9.17, 15) is 19.8 Å². The van der Waals surface area contributed by atoms with E-state index in [1.807, 2.05) is 27.7 Å². The molecule has 0 aromatic rings. The predicted octanol–water partition coefficient (Wildman–Crippen LogP) is 3.54. The van der Waals surface area contributed by atoms with E-state index in [0.717, 1.165) is 0 Å². The average Bonchev–Trinajstić information content (AvgIpc) is 2.59. The third kappa shape index (κ3) is 9.79. The molecular formula is C22H42O6S2. The molecular weight excluding hydrogens is 424 g/mol. The zero-order valence-electron chi connectivity index (χ0n) is 19.9. The van der Waals surface area contributed by atoms with Crippen molar-refractivity contribution < 1.29 is 29.3 Å². The fourth-order valence-corrected chi connectivity index (χ4v) is 4.09. The van der Waals surface area contributed by atoms with Crippen molar-refractivity contribution in [1.82, 2.24) is 0 Å². The Labute approximate surface area is 193 Å². The smallest absolute Gasteiger partial charge is 0.311 e. The van der Waals surface area contributed by atoms with Crippen LogP contribution in [0.15, 0.2) is 0 Å². The standard InChI is InChI=1S/C22H42O6S2/c1-18(2,15-29)9-19(3,4)16(25)27-13-22(11-23,12-24)14-28-17(26)20(5,6)10-21(7,8)30/h23-24,29-30H,9-15H2,1-8H3. The first-order chi connectivity index (χ1) is 13.4. The highest BCUT2D eigenvalue weighted by Crippen LogP contribution is 2.36. The second kappa shape index (κ2) is 10.9. The lowest BCUT2D eigenvalue weighted by Crippen LogP contribution is -2.44. The van der Waals surface area contributed by atoms with Crippen LogP contribution in [0.2, 0.25) is 0 Å². The van der Waals surface area contributed by atoms with E-state index in [1.54, 1.807) is 27.7 Å². The maximum absolute atomic E-state index is 12.7. The lowest BCUT2D eigenvalue weighted by Gasteiger charge is -2.35. The van der Waals surface area contributed by atoms with Crippen LogP contribution in [-0.4, -0.2) is 59.1 Å². The van der Waals surface area contributed by atoms with Crippen LogP contribution in [0.25, 0.3) is 0 Å². The minimum absolute atomic E-state index is 0.154. The quantitative estimate of drug-likeness (QED) is 0.245. The van der Waals surface area contributed by atoms with Gasteiger partial charge in [-0.15, -0.1) is 0 Å². The van der Waals surface area contributed by atoms with Gasteiger partial charge >= 0.3 is 11.9 Å². The van der Waals surface area contributed by atoms with Crippen LogP contribution >= 0.6 is 25.3 Å². The molecule has 30 heavy (non-hydrogen) atoms. The van der Waals surface area contributed by atoms with E-state index in [1.165, 1.54) is 0 Å². The number of aliphatic hydroxyl groups is 2. The molecule has 0 aliphatic rings. The Morgan fingerprint density at radius 3 is 1.43 bits per heavy atom. The molecule has 8 heteroatoms. The Kier molecular flexibility index (Phi) is 10.8. The molecule has 0 aromatic carbocycles. The van der Waals surface area contributed by atoms with Crippen molar-refractivity contribution in [3.05, 3.63) is 0 Å². The second-order valence-corrected chi connectivity index (χ2v) is 12.8. The zero-order valence-corrected chi connectivity index (χ0v) is 21.7. The van der Waals surface area contributed by atoms with Crippen molar-refractivity contribution in [2.24, 2.45) is 21.7 Å². The maximum Gasteiger partial charge on any atom is 0.311 e. The van der Waals surface area contributed by atoms with Gasteiger partial charge in [0.25, 0.3) is 0 Å². The van der Waals surface area contributed by atoms with Gasteiger partial charge in [-0.2, -0.15) is 25.3 Å². The maximum atomic E-state index is 12.7. The molecule has 0 atom stereocenters. The number of ether oxygens (including phenoxy) is 2. The molecule has 0 heterocycles. The van der Waals surface area contributed by atoms with E-state index in [0.29, 0.717) is 18.6 Å². The molecule has 0 saturated heterocycles. The number of carbonyl (C=O) groups is 2. The summed E-state index contributed by atoms with van der Waals surface area (Å²) in [5.74, 6) is -0.277. The highest BCUT2D eigenvalue weighted by molar-refractivity contribution is 7.81. The Hall–Kier alpha value is -0.440. The predicted molar refractivity (Wildman–Crippen MR) is 126 cm³/mol. The number of hydrogen-bond acceptors (Lipinski definition) is 8. The molecule has 0 saturated carbocycles. The Morgan fingerprint density at radius 2 is 1.13 bits per heavy atom. The van der Waals surface area contributed by atoms with Gasteiger partial charge in [0.1, 0.15) is 13.2 Å². The SMILES string of the molecule is CC(C)(S)CC(C)(C)C(=O)OCC(CO)(CO)COC(=O)C(C)(C)CC(C)(C)CS. The Bertz CT molecular complexity index is 575. The largest absolute Gasteiger partial charge is 0.464 e. The first kappa shape index (κ1) is 29.6. The van der Waals surface area contributed by atoms with Crippen molar-refractivity contribution in [2.75, 3.05) is 32.2 Å². The molecule has 2 N–H and O–H groups in total. The normalized spacial score (nSPS) is 13.9. The van der Waals surface area contributed by atoms with Crippen molar-refractivity contribution >= 4 is 37.2 Å². The number of rotatable bonds is 13. The summed E-state index contributed by atoms with van der Waals surface area (Å²) in [6.45, 7) is 13.5. The zero-order chi connectivity index (χ0) is 24.0. The molecule has 0 bridgehead atoms.